The largest absolute Gasteiger partial charge is 0.478 e. The first-order valence-corrected chi connectivity index (χ1v) is 5.50. The minimum Gasteiger partial charge on any atom is -0.478 e. The van der Waals surface area contributed by atoms with Gasteiger partial charge in [-0.05, 0) is 31.2 Å². The van der Waals surface area contributed by atoms with E-state index in [1.807, 2.05) is 0 Å². The van der Waals surface area contributed by atoms with Gasteiger partial charge in [-0.2, -0.15) is 0 Å². The summed E-state index contributed by atoms with van der Waals surface area (Å²) >= 11 is 0. The second-order valence-electron chi connectivity index (χ2n) is 3.83. The number of anilines is 1. The predicted octanol–water partition coefficient (Wildman–Crippen LogP) is 1.74. The second-order valence-corrected chi connectivity index (χ2v) is 3.83. The fourth-order valence-electron chi connectivity index (χ4n) is 1.50. The highest BCUT2D eigenvalue weighted by Gasteiger charge is 2.10. The third kappa shape index (κ3) is 2.92. The first-order chi connectivity index (χ1) is 9.08. The van der Waals surface area contributed by atoms with Crippen LogP contribution in [0, 0.1) is 6.92 Å². The molecule has 0 aliphatic heterocycles. The number of nitrogens with one attached hydrogen (secondary N) is 1. The van der Waals surface area contributed by atoms with E-state index in [4.69, 9.17) is 5.11 Å². The minimum absolute atomic E-state index is 0.0653. The van der Waals surface area contributed by atoms with Gasteiger partial charge in [-0.15, -0.1) is 0 Å². The summed E-state index contributed by atoms with van der Waals surface area (Å²) in [5, 5.41) is 11.3. The molecule has 0 saturated heterocycles. The van der Waals surface area contributed by atoms with Gasteiger partial charge in [0.2, 0.25) is 0 Å². The summed E-state index contributed by atoms with van der Waals surface area (Å²) in [6, 6.07) is 6.14. The number of carbonyl (C=O) groups is 2. The Morgan fingerprint density at radius 1 is 1.21 bits per heavy atom. The molecule has 6 heteroatoms. The molecular formula is C13H11N3O3. The van der Waals surface area contributed by atoms with Gasteiger partial charge in [-0.3, -0.25) is 9.78 Å². The molecule has 0 aliphatic carbocycles. The van der Waals surface area contributed by atoms with Crippen molar-refractivity contribution in [2.75, 3.05) is 5.32 Å². The molecule has 2 rings (SSSR count). The molecule has 0 aliphatic rings. The van der Waals surface area contributed by atoms with Gasteiger partial charge in [-0.25, -0.2) is 9.78 Å². The van der Waals surface area contributed by atoms with Gasteiger partial charge in [0.15, 0.2) is 0 Å². The van der Waals surface area contributed by atoms with E-state index in [1.165, 1.54) is 18.3 Å². The number of rotatable bonds is 3. The summed E-state index contributed by atoms with van der Waals surface area (Å²) in [5.74, 6) is -1.10. The molecule has 0 radical (unpaired) electrons. The third-order valence-corrected chi connectivity index (χ3v) is 2.50. The minimum atomic E-state index is -1.06. The van der Waals surface area contributed by atoms with Crippen molar-refractivity contribution in [2.45, 2.75) is 6.92 Å². The Morgan fingerprint density at radius 2 is 2.00 bits per heavy atom. The van der Waals surface area contributed by atoms with Crippen LogP contribution in [0.1, 0.15) is 26.4 Å². The van der Waals surface area contributed by atoms with Crippen molar-refractivity contribution in [3.05, 3.63) is 53.5 Å². The van der Waals surface area contributed by atoms with Crippen molar-refractivity contribution >= 4 is 17.7 Å². The number of nitrogens with zero attached hydrogens (tertiary/aromatic N) is 2. The van der Waals surface area contributed by atoms with E-state index >= 15 is 0 Å². The molecule has 96 valence electrons. The van der Waals surface area contributed by atoms with E-state index in [-0.39, 0.29) is 11.5 Å². The number of amides is 1. The van der Waals surface area contributed by atoms with Crippen molar-refractivity contribution in [1.29, 1.82) is 0 Å². The third-order valence-electron chi connectivity index (χ3n) is 2.50. The molecule has 2 aromatic heterocycles. The van der Waals surface area contributed by atoms with Crippen LogP contribution in [0.3, 0.4) is 0 Å². The number of aromatic carboxylic acids is 1. The van der Waals surface area contributed by atoms with Gasteiger partial charge >= 0.3 is 5.97 Å². The number of carbonyl (C=O) groups excluding carboxylic acids is 1. The van der Waals surface area contributed by atoms with Crippen LogP contribution < -0.4 is 5.32 Å². The van der Waals surface area contributed by atoms with Crippen LogP contribution in [0.2, 0.25) is 0 Å². The Hall–Kier alpha value is -2.76. The van der Waals surface area contributed by atoms with Crippen molar-refractivity contribution in [3.63, 3.8) is 0 Å². The van der Waals surface area contributed by atoms with Crippen LogP contribution in [0.25, 0.3) is 0 Å². The van der Waals surface area contributed by atoms with E-state index in [2.05, 4.69) is 15.3 Å². The van der Waals surface area contributed by atoms with Gasteiger partial charge in [0.05, 0.1) is 11.1 Å². The fraction of sp³-hybridized carbons (Fsp3) is 0.0769. The molecule has 2 aromatic rings. The van der Waals surface area contributed by atoms with Crippen molar-refractivity contribution in [3.8, 4) is 0 Å². The summed E-state index contributed by atoms with van der Waals surface area (Å²) in [6.07, 6.45) is 2.79. The molecule has 2 heterocycles. The lowest BCUT2D eigenvalue weighted by Gasteiger charge is -2.06. The Balaban J connectivity index is 2.15. The smallest absolute Gasteiger partial charge is 0.337 e. The first kappa shape index (κ1) is 12.7. The van der Waals surface area contributed by atoms with Gasteiger partial charge in [0, 0.05) is 18.1 Å². The molecule has 0 atom stereocenters. The molecule has 1 amide bonds. The van der Waals surface area contributed by atoms with Crippen LogP contribution >= 0.6 is 0 Å². The molecule has 2 N–H and O–H groups in total. The van der Waals surface area contributed by atoms with Crippen LogP contribution in [-0.2, 0) is 0 Å². The van der Waals surface area contributed by atoms with E-state index in [9.17, 15) is 9.59 Å². The number of pyridine rings is 2. The molecule has 19 heavy (non-hydrogen) atoms. The molecule has 0 aromatic carbocycles. The van der Waals surface area contributed by atoms with Crippen LogP contribution in [-0.4, -0.2) is 27.0 Å². The van der Waals surface area contributed by atoms with Crippen LogP contribution in [0.15, 0.2) is 36.7 Å². The molecule has 0 fully saturated rings. The van der Waals surface area contributed by atoms with E-state index in [0.717, 1.165) is 0 Å². The average Bonchev–Trinajstić information content (AvgIpc) is 2.39. The zero-order chi connectivity index (χ0) is 13.8. The Labute approximate surface area is 109 Å². The van der Waals surface area contributed by atoms with Crippen molar-refractivity contribution < 1.29 is 14.7 Å². The second kappa shape index (κ2) is 5.26. The number of carboxylic acid groups (broad SMARTS) is 1. The van der Waals surface area contributed by atoms with Crippen LogP contribution in [0.4, 0.5) is 5.82 Å². The predicted molar refractivity (Wildman–Crippen MR) is 68.1 cm³/mol. The van der Waals surface area contributed by atoms with E-state index in [0.29, 0.717) is 17.1 Å². The fourth-order valence-corrected chi connectivity index (χ4v) is 1.50. The Kier molecular flexibility index (Phi) is 3.51. The topological polar surface area (TPSA) is 92.2 Å². The summed E-state index contributed by atoms with van der Waals surface area (Å²) in [5.41, 5.74) is 1.13. The molecule has 0 saturated carbocycles. The summed E-state index contributed by atoms with van der Waals surface area (Å²) in [6.45, 7) is 1.73. The lowest BCUT2D eigenvalue weighted by Crippen LogP contribution is -2.15. The first-order valence-electron chi connectivity index (χ1n) is 5.50. The highest BCUT2D eigenvalue weighted by molar-refractivity contribution is 6.04. The van der Waals surface area contributed by atoms with E-state index < -0.39 is 5.97 Å². The summed E-state index contributed by atoms with van der Waals surface area (Å²) < 4.78 is 0. The maximum absolute atomic E-state index is 11.9. The molecular weight excluding hydrogens is 246 g/mol. The highest BCUT2D eigenvalue weighted by atomic mass is 16.4. The number of aryl methyl sites for hydroxylation is 1. The Bertz CT molecular complexity index is 623. The average molecular weight is 257 g/mol. The number of hydrogen-bond acceptors (Lipinski definition) is 4. The standard InChI is InChI=1S/C13H11N3O3/c1-8-10(3-2-6-14-8)12(17)16-11-5-4-9(7-15-11)13(18)19/h2-7H,1H3,(H,18,19)(H,15,16,17). The SMILES string of the molecule is Cc1ncccc1C(=O)Nc1ccc(C(=O)O)cn1. The molecule has 6 nitrogen and oxygen atoms in total. The summed E-state index contributed by atoms with van der Waals surface area (Å²) in [7, 11) is 0. The highest BCUT2D eigenvalue weighted by Crippen LogP contribution is 2.09. The van der Waals surface area contributed by atoms with Gasteiger partial charge < -0.3 is 10.4 Å². The Morgan fingerprint density at radius 3 is 2.58 bits per heavy atom. The van der Waals surface area contributed by atoms with Crippen molar-refractivity contribution in [1.82, 2.24) is 9.97 Å². The van der Waals surface area contributed by atoms with Crippen LogP contribution in [0.5, 0.6) is 0 Å². The lowest BCUT2D eigenvalue weighted by atomic mass is 10.2. The zero-order valence-corrected chi connectivity index (χ0v) is 10.1. The normalized spacial score (nSPS) is 9.95. The van der Waals surface area contributed by atoms with E-state index in [1.54, 1.807) is 25.3 Å². The van der Waals surface area contributed by atoms with Crippen molar-refractivity contribution in [2.24, 2.45) is 0 Å². The van der Waals surface area contributed by atoms with Gasteiger partial charge in [-0.1, -0.05) is 0 Å². The molecule has 0 unspecified atom stereocenters. The zero-order valence-electron chi connectivity index (χ0n) is 10.1. The summed E-state index contributed by atoms with van der Waals surface area (Å²) in [4.78, 5) is 30.5. The number of hydrogen-bond donors (Lipinski definition) is 2. The molecule has 0 bridgehead atoms. The molecule has 0 spiro atoms. The lowest BCUT2D eigenvalue weighted by molar-refractivity contribution is 0.0696. The maximum Gasteiger partial charge on any atom is 0.337 e. The van der Waals surface area contributed by atoms with Gasteiger partial charge in [0.1, 0.15) is 5.82 Å². The maximum atomic E-state index is 11.9. The quantitative estimate of drug-likeness (QED) is 0.873. The number of carboxylic acids is 1. The monoisotopic (exact) mass is 257 g/mol. The van der Waals surface area contributed by atoms with Gasteiger partial charge in [0.25, 0.3) is 5.91 Å². The number of aromatic nitrogens is 2.